The molecule has 1 aromatic carbocycles. The van der Waals surface area contributed by atoms with E-state index in [0.717, 1.165) is 22.0 Å². The first-order valence-electron chi connectivity index (χ1n) is 4.72. The number of nitrogens with zero attached hydrogens (tertiary/aromatic N) is 1. The molecule has 1 rings (SSSR count). The van der Waals surface area contributed by atoms with Gasteiger partial charge in [-0.25, -0.2) is 0 Å². The van der Waals surface area contributed by atoms with Crippen molar-refractivity contribution in [1.29, 1.82) is 0 Å². The van der Waals surface area contributed by atoms with E-state index < -0.39 is 0 Å². The van der Waals surface area contributed by atoms with Gasteiger partial charge in [0.2, 0.25) is 0 Å². The van der Waals surface area contributed by atoms with Crippen LogP contribution in [0.1, 0.15) is 19.4 Å². The maximum Gasteiger partial charge on any atom is 0.0644 e. The molecule has 14 heavy (non-hydrogen) atoms. The number of benzene rings is 1. The lowest BCUT2D eigenvalue weighted by Crippen LogP contribution is -2.27. The van der Waals surface area contributed by atoms with E-state index in [2.05, 4.69) is 18.7 Å². The van der Waals surface area contributed by atoms with Gasteiger partial charge in [-0.05, 0) is 38.5 Å². The second-order valence-corrected chi connectivity index (χ2v) is 4.22. The molecule has 0 unspecified atom stereocenters. The van der Waals surface area contributed by atoms with Gasteiger partial charge in [-0.3, -0.25) is 0 Å². The van der Waals surface area contributed by atoms with Gasteiger partial charge in [0.15, 0.2) is 0 Å². The molecule has 3 heteroatoms. The maximum absolute atomic E-state index is 6.05. The van der Waals surface area contributed by atoms with Crippen molar-refractivity contribution < 1.29 is 0 Å². The number of halogens is 1. The van der Waals surface area contributed by atoms with Crippen molar-refractivity contribution in [1.82, 2.24) is 0 Å². The molecule has 0 atom stereocenters. The van der Waals surface area contributed by atoms with E-state index in [9.17, 15) is 0 Å². The van der Waals surface area contributed by atoms with Crippen molar-refractivity contribution in [3.05, 3.63) is 22.7 Å². The zero-order chi connectivity index (χ0) is 10.9. The van der Waals surface area contributed by atoms with Crippen LogP contribution in [0.2, 0.25) is 5.02 Å². The molecule has 0 bridgehead atoms. The molecule has 2 N–H and O–H groups in total. The number of hydrogen-bond acceptors (Lipinski definition) is 2. The molecule has 78 valence electrons. The maximum atomic E-state index is 6.05. The minimum atomic E-state index is 0.412. The summed E-state index contributed by atoms with van der Waals surface area (Å²) in [5.74, 6) is 0. The van der Waals surface area contributed by atoms with Crippen LogP contribution in [0, 0.1) is 6.92 Å². The van der Waals surface area contributed by atoms with Crippen molar-refractivity contribution in [2.24, 2.45) is 0 Å². The van der Waals surface area contributed by atoms with Crippen LogP contribution >= 0.6 is 11.6 Å². The van der Waals surface area contributed by atoms with E-state index in [1.807, 2.05) is 26.1 Å². The van der Waals surface area contributed by atoms with Crippen molar-refractivity contribution in [2.45, 2.75) is 26.8 Å². The lowest BCUT2D eigenvalue weighted by molar-refractivity contribution is 0.753. The van der Waals surface area contributed by atoms with E-state index >= 15 is 0 Å². The minimum absolute atomic E-state index is 0.412. The standard InChI is InChI=1S/C11H17ClN2/c1-7(2)14(4)11-8(3)9(12)5-6-10(11)13/h5-7H,13H2,1-4H3. The van der Waals surface area contributed by atoms with Gasteiger partial charge in [-0.15, -0.1) is 0 Å². The molecule has 2 nitrogen and oxygen atoms in total. The van der Waals surface area contributed by atoms with Crippen LogP contribution < -0.4 is 10.6 Å². The van der Waals surface area contributed by atoms with E-state index in [1.54, 1.807) is 0 Å². The van der Waals surface area contributed by atoms with Gasteiger partial charge in [0.05, 0.1) is 11.4 Å². The third-order valence-electron chi connectivity index (χ3n) is 2.52. The zero-order valence-electron chi connectivity index (χ0n) is 9.13. The third-order valence-corrected chi connectivity index (χ3v) is 2.93. The monoisotopic (exact) mass is 212 g/mol. The number of anilines is 2. The molecule has 0 aromatic heterocycles. The van der Waals surface area contributed by atoms with Gasteiger partial charge >= 0.3 is 0 Å². The van der Waals surface area contributed by atoms with Gasteiger partial charge in [-0.2, -0.15) is 0 Å². The summed E-state index contributed by atoms with van der Waals surface area (Å²) in [5, 5.41) is 0.765. The third kappa shape index (κ3) is 1.95. The second kappa shape index (κ2) is 4.09. The molecule has 0 radical (unpaired) electrons. The molecule has 0 fully saturated rings. The first-order valence-corrected chi connectivity index (χ1v) is 5.10. The Hall–Kier alpha value is -0.890. The van der Waals surface area contributed by atoms with Crippen molar-refractivity contribution >= 4 is 23.0 Å². The Morgan fingerprint density at radius 2 is 1.93 bits per heavy atom. The van der Waals surface area contributed by atoms with E-state index in [4.69, 9.17) is 17.3 Å². The largest absolute Gasteiger partial charge is 0.397 e. The van der Waals surface area contributed by atoms with Crippen LogP contribution in [0.4, 0.5) is 11.4 Å². The van der Waals surface area contributed by atoms with E-state index in [-0.39, 0.29) is 0 Å². The Balaban J connectivity index is 3.25. The fourth-order valence-electron chi connectivity index (χ4n) is 1.42. The highest BCUT2D eigenvalue weighted by atomic mass is 35.5. The van der Waals surface area contributed by atoms with Crippen LogP contribution in [0.5, 0.6) is 0 Å². The Morgan fingerprint density at radius 1 is 1.36 bits per heavy atom. The Kier molecular flexibility index (Phi) is 3.27. The molecule has 0 spiro atoms. The predicted octanol–water partition coefficient (Wildman–Crippen LogP) is 3.08. The Morgan fingerprint density at radius 3 is 2.43 bits per heavy atom. The zero-order valence-corrected chi connectivity index (χ0v) is 9.89. The van der Waals surface area contributed by atoms with Crippen LogP contribution in [-0.2, 0) is 0 Å². The summed E-state index contributed by atoms with van der Waals surface area (Å²) >= 11 is 6.05. The molecule has 0 heterocycles. The van der Waals surface area contributed by atoms with Crippen LogP contribution in [0.25, 0.3) is 0 Å². The average molecular weight is 213 g/mol. The second-order valence-electron chi connectivity index (χ2n) is 3.81. The van der Waals surface area contributed by atoms with Gasteiger partial charge in [0, 0.05) is 18.1 Å². The number of hydrogen-bond donors (Lipinski definition) is 1. The molecule has 0 aliphatic rings. The Labute approximate surface area is 90.7 Å². The predicted molar refractivity (Wildman–Crippen MR) is 64.1 cm³/mol. The van der Waals surface area contributed by atoms with Gasteiger partial charge in [-0.1, -0.05) is 11.6 Å². The minimum Gasteiger partial charge on any atom is -0.397 e. The van der Waals surface area contributed by atoms with Crippen molar-refractivity contribution in [2.75, 3.05) is 17.7 Å². The van der Waals surface area contributed by atoms with Gasteiger partial charge in [0.1, 0.15) is 0 Å². The topological polar surface area (TPSA) is 29.3 Å². The van der Waals surface area contributed by atoms with E-state index in [1.165, 1.54) is 0 Å². The van der Waals surface area contributed by atoms with Crippen molar-refractivity contribution in [3.63, 3.8) is 0 Å². The average Bonchev–Trinajstić information content (AvgIpc) is 2.12. The van der Waals surface area contributed by atoms with Crippen molar-refractivity contribution in [3.8, 4) is 0 Å². The number of nitrogen functional groups attached to an aromatic ring is 1. The van der Waals surface area contributed by atoms with Gasteiger partial charge < -0.3 is 10.6 Å². The number of nitrogens with two attached hydrogens (primary N) is 1. The molecule has 0 saturated carbocycles. The lowest BCUT2D eigenvalue weighted by atomic mass is 10.1. The summed E-state index contributed by atoms with van der Waals surface area (Å²) < 4.78 is 0. The SMILES string of the molecule is Cc1c(Cl)ccc(N)c1N(C)C(C)C. The summed E-state index contributed by atoms with van der Waals surface area (Å²) in [5.41, 5.74) is 8.79. The van der Waals surface area contributed by atoms with Gasteiger partial charge in [0.25, 0.3) is 0 Å². The highest BCUT2D eigenvalue weighted by molar-refractivity contribution is 6.31. The molecular formula is C11H17ClN2. The first-order chi connectivity index (χ1) is 6.45. The highest BCUT2D eigenvalue weighted by Crippen LogP contribution is 2.32. The normalized spacial score (nSPS) is 10.7. The molecular weight excluding hydrogens is 196 g/mol. The Bertz CT molecular complexity index is 334. The summed E-state index contributed by atoms with van der Waals surface area (Å²) in [6.07, 6.45) is 0. The summed E-state index contributed by atoms with van der Waals surface area (Å²) in [4.78, 5) is 2.14. The molecule has 0 aliphatic carbocycles. The van der Waals surface area contributed by atoms with Crippen LogP contribution in [-0.4, -0.2) is 13.1 Å². The highest BCUT2D eigenvalue weighted by Gasteiger charge is 2.13. The number of rotatable bonds is 2. The summed E-state index contributed by atoms with van der Waals surface area (Å²) in [6, 6.07) is 4.10. The fourth-order valence-corrected chi connectivity index (χ4v) is 1.58. The van der Waals surface area contributed by atoms with Crippen LogP contribution in [0.3, 0.4) is 0 Å². The lowest BCUT2D eigenvalue weighted by Gasteiger charge is -2.27. The first kappa shape index (κ1) is 11.2. The van der Waals surface area contributed by atoms with E-state index in [0.29, 0.717) is 6.04 Å². The molecule has 1 aromatic rings. The quantitative estimate of drug-likeness (QED) is 0.764. The molecule has 0 aliphatic heterocycles. The fraction of sp³-hybridized carbons (Fsp3) is 0.455. The smallest absolute Gasteiger partial charge is 0.0644 e. The summed E-state index contributed by atoms with van der Waals surface area (Å²) in [6.45, 7) is 6.24. The molecule has 0 saturated heterocycles. The van der Waals surface area contributed by atoms with Crippen LogP contribution in [0.15, 0.2) is 12.1 Å². The molecule has 0 amide bonds. The summed E-state index contributed by atoms with van der Waals surface area (Å²) in [7, 11) is 2.03.